The van der Waals surface area contributed by atoms with Crippen LogP contribution >= 0.6 is 0 Å². The molecule has 0 aromatic carbocycles. The van der Waals surface area contributed by atoms with Crippen molar-refractivity contribution in [2.45, 2.75) is 45.2 Å². The zero-order valence-electron chi connectivity index (χ0n) is 10.6. The van der Waals surface area contributed by atoms with Gasteiger partial charge in [0.25, 0.3) is 0 Å². The molecule has 19 heavy (non-hydrogen) atoms. The Hall–Kier alpha value is -1.76. The standard InChI is InChI=1S/C12H15F3N2O2/c1-2-3-6-19-10(18)7-11(8-16,9-17)4-5-12(13,14)15/h2-7H2,1H3. The second-order valence-corrected chi connectivity index (χ2v) is 4.17. The van der Waals surface area contributed by atoms with Crippen LogP contribution in [-0.2, 0) is 9.53 Å². The Morgan fingerprint density at radius 1 is 1.21 bits per heavy atom. The number of nitrogens with zero attached hydrogens (tertiary/aromatic N) is 2. The number of hydrogen-bond acceptors (Lipinski definition) is 4. The molecule has 0 aromatic rings. The molecule has 0 atom stereocenters. The van der Waals surface area contributed by atoms with E-state index < -0.39 is 36.8 Å². The van der Waals surface area contributed by atoms with Crippen molar-refractivity contribution in [3.05, 3.63) is 0 Å². The molecule has 0 aliphatic heterocycles. The quantitative estimate of drug-likeness (QED) is 0.529. The van der Waals surface area contributed by atoms with Crippen LogP contribution in [0.25, 0.3) is 0 Å². The molecule has 0 saturated heterocycles. The van der Waals surface area contributed by atoms with Crippen LogP contribution in [0.15, 0.2) is 0 Å². The number of carbonyl (C=O) groups excluding carboxylic acids is 1. The van der Waals surface area contributed by atoms with E-state index in [0.29, 0.717) is 6.42 Å². The first-order valence-electron chi connectivity index (χ1n) is 5.83. The fourth-order valence-electron chi connectivity index (χ4n) is 1.29. The van der Waals surface area contributed by atoms with E-state index in [0.717, 1.165) is 6.42 Å². The van der Waals surface area contributed by atoms with E-state index >= 15 is 0 Å². The van der Waals surface area contributed by atoms with E-state index in [2.05, 4.69) is 0 Å². The maximum Gasteiger partial charge on any atom is 0.389 e. The van der Waals surface area contributed by atoms with Gasteiger partial charge in [-0.1, -0.05) is 13.3 Å². The molecule has 0 unspecified atom stereocenters. The van der Waals surface area contributed by atoms with Crippen molar-refractivity contribution in [1.82, 2.24) is 0 Å². The lowest BCUT2D eigenvalue weighted by Crippen LogP contribution is -2.25. The summed E-state index contributed by atoms with van der Waals surface area (Å²) in [5.41, 5.74) is -1.97. The largest absolute Gasteiger partial charge is 0.466 e. The molecule has 0 spiro atoms. The molecule has 0 aromatic heterocycles. The highest BCUT2D eigenvalue weighted by molar-refractivity contribution is 5.71. The molecular formula is C12H15F3N2O2. The van der Waals surface area contributed by atoms with E-state index in [9.17, 15) is 18.0 Å². The van der Waals surface area contributed by atoms with Crippen molar-refractivity contribution in [2.75, 3.05) is 6.61 Å². The number of rotatable bonds is 7. The molecule has 0 N–H and O–H groups in total. The summed E-state index contributed by atoms with van der Waals surface area (Å²) in [6, 6.07) is 2.99. The highest BCUT2D eigenvalue weighted by atomic mass is 19.4. The van der Waals surface area contributed by atoms with Crippen molar-refractivity contribution in [1.29, 1.82) is 10.5 Å². The van der Waals surface area contributed by atoms with Crippen LogP contribution < -0.4 is 0 Å². The number of halogens is 3. The number of carbonyl (C=O) groups is 1. The van der Waals surface area contributed by atoms with Crippen LogP contribution in [0, 0.1) is 28.1 Å². The monoisotopic (exact) mass is 276 g/mol. The summed E-state index contributed by atoms with van der Waals surface area (Å²) < 4.78 is 41.1. The summed E-state index contributed by atoms with van der Waals surface area (Å²) >= 11 is 0. The zero-order valence-corrected chi connectivity index (χ0v) is 10.6. The van der Waals surface area contributed by atoms with Crippen molar-refractivity contribution < 1.29 is 22.7 Å². The molecule has 0 amide bonds. The van der Waals surface area contributed by atoms with Crippen LogP contribution in [0.1, 0.15) is 39.0 Å². The molecule has 0 heterocycles. The minimum absolute atomic E-state index is 0.140. The minimum Gasteiger partial charge on any atom is -0.466 e. The van der Waals surface area contributed by atoms with Gasteiger partial charge >= 0.3 is 12.1 Å². The van der Waals surface area contributed by atoms with Gasteiger partial charge in [0.1, 0.15) is 0 Å². The number of hydrogen-bond donors (Lipinski definition) is 0. The fourth-order valence-corrected chi connectivity index (χ4v) is 1.29. The van der Waals surface area contributed by atoms with Gasteiger partial charge in [-0.2, -0.15) is 23.7 Å². The van der Waals surface area contributed by atoms with Crippen LogP contribution in [0.3, 0.4) is 0 Å². The molecule has 7 heteroatoms. The summed E-state index contributed by atoms with van der Waals surface area (Å²) in [5.74, 6) is -0.821. The second kappa shape index (κ2) is 7.63. The Labute approximate surface area is 109 Å². The van der Waals surface area contributed by atoms with Crippen LogP contribution in [-0.4, -0.2) is 18.8 Å². The van der Waals surface area contributed by atoms with Gasteiger partial charge in [-0.05, 0) is 12.8 Å². The van der Waals surface area contributed by atoms with Gasteiger partial charge in [-0.3, -0.25) is 4.79 Å². The van der Waals surface area contributed by atoms with Crippen molar-refractivity contribution >= 4 is 5.97 Å². The molecule has 0 fully saturated rings. The van der Waals surface area contributed by atoms with Gasteiger partial charge in [-0.15, -0.1) is 0 Å². The number of alkyl halides is 3. The Balaban J connectivity index is 4.52. The second-order valence-electron chi connectivity index (χ2n) is 4.17. The lowest BCUT2D eigenvalue weighted by Gasteiger charge is -2.18. The molecular weight excluding hydrogens is 261 g/mol. The molecule has 0 bridgehead atoms. The average Bonchev–Trinajstić information content (AvgIpc) is 2.34. The Bertz CT molecular complexity index is 366. The highest BCUT2D eigenvalue weighted by Crippen LogP contribution is 2.33. The Morgan fingerprint density at radius 3 is 2.21 bits per heavy atom. The van der Waals surface area contributed by atoms with Crippen molar-refractivity contribution in [3.8, 4) is 12.1 Å². The van der Waals surface area contributed by atoms with Gasteiger partial charge in [0, 0.05) is 6.42 Å². The molecule has 0 aliphatic rings. The molecule has 4 nitrogen and oxygen atoms in total. The summed E-state index contributed by atoms with van der Waals surface area (Å²) in [5, 5.41) is 17.7. The first kappa shape index (κ1) is 17.2. The van der Waals surface area contributed by atoms with Gasteiger partial charge in [-0.25, -0.2) is 0 Å². The van der Waals surface area contributed by atoms with Gasteiger partial charge < -0.3 is 4.74 Å². The number of ether oxygens (including phenoxy) is 1. The topological polar surface area (TPSA) is 73.9 Å². The predicted octanol–water partition coefficient (Wildman–Crippen LogP) is 3.10. The lowest BCUT2D eigenvalue weighted by molar-refractivity contribution is -0.148. The van der Waals surface area contributed by atoms with Crippen LogP contribution in [0.2, 0.25) is 0 Å². The maximum atomic E-state index is 12.1. The van der Waals surface area contributed by atoms with Crippen LogP contribution in [0.5, 0.6) is 0 Å². The first-order valence-corrected chi connectivity index (χ1v) is 5.83. The third kappa shape index (κ3) is 7.30. The van der Waals surface area contributed by atoms with Gasteiger partial charge in [0.15, 0.2) is 5.41 Å². The SMILES string of the molecule is CCCCOC(=O)CC(C#N)(C#N)CCC(F)(F)F. The predicted molar refractivity (Wildman–Crippen MR) is 59.4 cm³/mol. The highest BCUT2D eigenvalue weighted by Gasteiger charge is 2.39. The third-order valence-electron chi connectivity index (χ3n) is 2.47. The molecule has 106 valence electrons. The fraction of sp³-hybridized carbons (Fsp3) is 0.750. The summed E-state index contributed by atoms with van der Waals surface area (Å²) in [6.07, 6.45) is -5.70. The third-order valence-corrected chi connectivity index (χ3v) is 2.47. The molecule has 0 radical (unpaired) electrons. The zero-order chi connectivity index (χ0) is 14.9. The van der Waals surface area contributed by atoms with E-state index in [1.54, 1.807) is 0 Å². The van der Waals surface area contributed by atoms with Crippen molar-refractivity contribution in [2.24, 2.45) is 5.41 Å². The van der Waals surface area contributed by atoms with E-state index in [-0.39, 0.29) is 6.61 Å². The smallest absolute Gasteiger partial charge is 0.389 e. The van der Waals surface area contributed by atoms with Gasteiger partial charge in [0.05, 0.1) is 25.2 Å². The van der Waals surface area contributed by atoms with E-state index in [4.69, 9.17) is 15.3 Å². The minimum atomic E-state index is -4.47. The first-order chi connectivity index (χ1) is 8.78. The lowest BCUT2D eigenvalue weighted by atomic mass is 9.83. The number of esters is 1. The average molecular weight is 276 g/mol. The van der Waals surface area contributed by atoms with Gasteiger partial charge in [0.2, 0.25) is 0 Å². The molecule has 0 aliphatic carbocycles. The number of unbranched alkanes of at least 4 members (excludes halogenated alkanes) is 1. The molecule has 0 rings (SSSR count). The molecule has 0 saturated carbocycles. The summed E-state index contributed by atoms with van der Waals surface area (Å²) in [7, 11) is 0. The number of nitriles is 2. The van der Waals surface area contributed by atoms with Crippen molar-refractivity contribution in [3.63, 3.8) is 0 Å². The summed E-state index contributed by atoms with van der Waals surface area (Å²) in [4.78, 5) is 11.4. The maximum absolute atomic E-state index is 12.1. The van der Waals surface area contributed by atoms with Crippen LogP contribution in [0.4, 0.5) is 13.2 Å². The Morgan fingerprint density at radius 2 is 1.79 bits per heavy atom. The summed E-state index contributed by atoms with van der Waals surface area (Å²) in [6.45, 7) is 2.02. The normalized spacial score (nSPS) is 11.5. The van der Waals surface area contributed by atoms with E-state index in [1.165, 1.54) is 12.1 Å². The van der Waals surface area contributed by atoms with E-state index in [1.807, 2.05) is 6.92 Å². The Kier molecular flexibility index (Phi) is 6.92.